The first kappa shape index (κ1) is 18.4. The molecule has 2 bridgehead atoms. The number of hydrogen-bond donors (Lipinski definition) is 4. The highest BCUT2D eigenvalue weighted by Crippen LogP contribution is 2.20. The lowest BCUT2D eigenvalue weighted by molar-refractivity contribution is 0.266. The molecule has 1 aromatic rings. The summed E-state index contributed by atoms with van der Waals surface area (Å²) in [5, 5.41) is 15.2. The molecule has 2 aliphatic carbocycles. The van der Waals surface area contributed by atoms with E-state index in [1.165, 1.54) is 62.8 Å². The quantitative estimate of drug-likeness (QED) is 0.573. The maximum atomic E-state index is 4.89. The Morgan fingerprint density at radius 3 is 1.50 bits per heavy atom. The van der Waals surface area contributed by atoms with Crippen LogP contribution in [0.3, 0.4) is 0 Å². The van der Waals surface area contributed by atoms with Crippen molar-refractivity contribution in [3.05, 3.63) is 29.6 Å². The molecule has 0 spiro atoms. The molecule has 26 heavy (non-hydrogen) atoms. The van der Waals surface area contributed by atoms with Gasteiger partial charge in [0.2, 0.25) is 0 Å². The molecule has 0 amide bonds. The number of fused-ring (bicyclic) bond motifs is 4. The van der Waals surface area contributed by atoms with Gasteiger partial charge in [-0.3, -0.25) is 4.98 Å². The number of rotatable bonds is 0. The predicted octanol–water partition coefficient (Wildman–Crippen LogP) is 2.08. The summed E-state index contributed by atoms with van der Waals surface area (Å²) in [4.78, 5) is 4.89. The van der Waals surface area contributed by atoms with Gasteiger partial charge in [0, 0.05) is 50.3 Å². The van der Waals surface area contributed by atoms with Crippen LogP contribution in [0.15, 0.2) is 18.2 Å². The molecule has 0 radical (unpaired) electrons. The fourth-order valence-corrected chi connectivity index (χ4v) is 4.95. The topological polar surface area (TPSA) is 61.0 Å². The van der Waals surface area contributed by atoms with Crippen LogP contribution in [-0.2, 0) is 13.1 Å². The van der Waals surface area contributed by atoms with Crippen LogP contribution in [0.25, 0.3) is 0 Å². The third kappa shape index (κ3) is 4.83. The minimum absolute atomic E-state index is 0.569. The Labute approximate surface area is 158 Å². The van der Waals surface area contributed by atoms with Crippen LogP contribution in [0.4, 0.5) is 0 Å². The van der Waals surface area contributed by atoms with Gasteiger partial charge in [-0.2, -0.15) is 0 Å². The van der Waals surface area contributed by atoms with Gasteiger partial charge in [0.15, 0.2) is 0 Å². The summed E-state index contributed by atoms with van der Waals surface area (Å²) >= 11 is 0. The third-order valence-corrected chi connectivity index (χ3v) is 6.43. The zero-order valence-corrected chi connectivity index (χ0v) is 16.0. The molecule has 2 fully saturated rings. The Balaban J connectivity index is 1.47. The van der Waals surface area contributed by atoms with Crippen molar-refractivity contribution in [2.24, 2.45) is 0 Å². The molecule has 4 N–H and O–H groups in total. The molecular formula is C21H35N5. The van der Waals surface area contributed by atoms with Crippen molar-refractivity contribution in [1.29, 1.82) is 0 Å². The summed E-state index contributed by atoms with van der Waals surface area (Å²) in [6, 6.07) is 8.81. The van der Waals surface area contributed by atoms with E-state index >= 15 is 0 Å². The van der Waals surface area contributed by atoms with Gasteiger partial charge in [-0.1, -0.05) is 31.7 Å². The average molecular weight is 358 g/mol. The molecule has 4 atom stereocenters. The standard InChI is InChI=1S/C21H35N5/c1-3-10-20-18(8-1)22-12-13-23-19-9-2-4-11-21(19)25-15-17-7-5-6-16(26-17)14-24-20/h5-7,18-25H,1-4,8-15H2/t18-,19?,20+,21+/m1/s1. The molecule has 4 rings (SSSR count). The van der Waals surface area contributed by atoms with Crippen molar-refractivity contribution in [3.8, 4) is 0 Å². The van der Waals surface area contributed by atoms with Crippen LogP contribution < -0.4 is 21.3 Å². The van der Waals surface area contributed by atoms with Crippen molar-refractivity contribution >= 4 is 0 Å². The number of aromatic nitrogens is 1. The minimum Gasteiger partial charge on any atom is -0.311 e. The molecule has 0 saturated heterocycles. The lowest BCUT2D eigenvalue weighted by Gasteiger charge is -2.34. The average Bonchev–Trinajstić information content (AvgIpc) is 2.69. The molecular weight excluding hydrogens is 322 g/mol. The normalized spacial score (nSPS) is 34.0. The van der Waals surface area contributed by atoms with Crippen molar-refractivity contribution < 1.29 is 0 Å². The molecule has 3 aliphatic rings. The Hall–Kier alpha value is -1.01. The predicted molar refractivity (Wildman–Crippen MR) is 106 cm³/mol. The zero-order valence-electron chi connectivity index (χ0n) is 16.0. The van der Waals surface area contributed by atoms with Crippen molar-refractivity contribution in [3.63, 3.8) is 0 Å². The molecule has 144 valence electrons. The molecule has 1 aliphatic heterocycles. The largest absolute Gasteiger partial charge is 0.311 e. The van der Waals surface area contributed by atoms with Crippen LogP contribution in [0.1, 0.15) is 62.8 Å². The fraction of sp³-hybridized carbons (Fsp3) is 0.762. The highest BCUT2D eigenvalue weighted by Gasteiger charge is 2.26. The molecule has 2 heterocycles. The van der Waals surface area contributed by atoms with Crippen LogP contribution in [-0.4, -0.2) is 42.2 Å². The Bertz CT molecular complexity index is 518. The SMILES string of the molecule is c1cc2nc(c1)CN[C@H]1CCCC[C@H]1NCCNC1CCCC[C@@H]1NC2. The van der Waals surface area contributed by atoms with Crippen LogP contribution in [0.5, 0.6) is 0 Å². The Morgan fingerprint density at radius 2 is 1.04 bits per heavy atom. The lowest BCUT2D eigenvalue weighted by atomic mass is 9.89. The highest BCUT2D eigenvalue weighted by atomic mass is 15.1. The third-order valence-electron chi connectivity index (χ3n) is 6.43. The smallest absolute Gasteiger partial charge is 0.0545 e. The Kier molecular flexibility index (Phi) is 6.54. The van der Waals surface area contributed by atoms with Gasteiger partial charge in [-0.25, -0.2) is 0 Å². The highest BCUT2D eigenvalue weighted by molar-refractivity contribution is 5.12. The first-order valence-electron chi connectivity index (χ1n) is 10.8. The number of nitrogens with zero attached hydrogens (tertiary/aromatic N) is 1. The van der Waals surface area contributed by atoms with Crippen molar-refractivity contribution in [1.82, 2.24) is 26.3 Å². The molecule has 5 nitrogen and oxygen atoms in total. The summed E-state index contributed by atoms with van der Waals surface area (Å²) in [7, 11) is 0. The zero-order chi connectivity index (χ0) is 17.6. The minimum atomic E-state index is 0.569. The van der Waals surface area contributed by atoms with E-state index in [0.717, 1.165) is 26.2 Å². The van der Waals surface area contributed by atoms with E-state index in [1.807, 2.05) is 0 Å². The van der Waals surface area contributed by atoms with Crippen LogP contribution in [0.2, 0.25) is 0 Å². The first-order chi connectivity index (χ1) is 12.9. The second-order valence-corrected chi connectivity index (χ2v) is 8.29. The molecule has 2 saturated carbocycles. The summed E-state index contributed by atoms with van der Waals surface area (Å²) in [6.45, 7) is 3.89. The second-order valence-electron chi connectivity index (χ2n) is 8.29. The molecule has 5 heteroatoms. The van der Waals surface area contributed by atoms with Gasteiger partial charge in [-0.05, 0) is 37.8 Å². The Morgan fingerprint density at radius 1 is 0.615 bits per heavy atom. The van der Waals surface area contributed by atoms with E-state index in [9.17, 15) is 0 Å². The number of hydrogen-bond acceptors (Lipinski definition) is 5. The molecule has 1 unspecified atom stereocenters. The second kappa shape index (κ2) is 9.27. The van der Waals surface area contributed by atoms with E-state index in [1.54, 1.807) is 0 Å². The van der Waals surface area contributed by atoms with Gasteiger partial charge in [0.1, 0.15) is 0 Å². The van der Waals surface area contributed by atoms with Crippen LogP contribution in [0, 0.1) is 0 Å². The van der Waals surface area contributed by atoms with Gasteiger partial charge in [-0.15, -0.1) is 0 Å². The van der Waals surface area contributed by atoms with E-state index in [0.29, 0.717) is 24.2 Å². The van der Waals surface area contributed by atoms with Gasteiger partial charge >= 0.3 is 0 Å². The summed E-state index contributed by atoms with van der Waals surface area (Å²) in [5.74, 6) is 0. The molecule has 1 aromatic heterocycles. The summed E-state index contributed by atoms with van der Waals surface area (Å²) < 4.78 is 0. The van der Waals surface area contributed by atoms with E-state index in [4.69, 9.17) is 4.98 Å². The van der Waals surface area contributed by atoms with E-state index < -0.39 is 0 Å². The number of nitrogens with one attached hydrogen (secondary N) is 4. The summed E-state index contributed by atoms with van der Waals surface area (Å²) in [5.41, 5.74) is 2.34. The van der Waals surface area contributed by atoms with Crippen molar-refractivity contribution in [2.45, 2.75) is 88.6 Å². The van der Waals surface area contributed by atoms with Gasteiger partial charge in [0.25, 0.3) is 0 Å². The summed E-state index contributed by atoms with van der Waals surface area (Å²) in [6.07, 6.45) is 10.5. The van der Waals surface area contributed by atoms with Crippen LogP contribution >= 0.6 is 0 Å². The van der Waals surface area contributed by atoms with Gasteiger partial charge < -0.3 is 21.3 Å². The van der Waals surface area contributed by atoms with Gasteiger partial charge in [0.05, 0.1) is 11.4 Å². The van der Waals surface area contributed by atoms with Crippen molar-refractivity contribution in [2.75, 3.05) is 13.1 Å². The fourth-order valence-electron chi connectivity index (χ4n) is 4.95. The molecule has 0 aromatic carbocycles. The lowest BCUT2D eigenvalue weighted by Crippen LogP contribution is -2.53. The first-order valence-corrected chi connectivity index (χ1v) is 10.8. The van der Waals surface area contributed by atoms with E-state index in [-0.39, 0.29) is 0 Å². The maximum absolute atomic E-state index is 4.89. The van der Waals surface area contributed by atoms with E-state index in [2.05, 4.69) is 39.5 Å². The number of pyridine rings is 1. The monoisotopic (exact) mass is 357 g/mol. The maximum Gasteiger partial charge on any atom is 0.0545 e.